The Balaban J connectivity index is 1.49. The van der Waals surface area contributed by atoms with Gasteiger partial charge in [0.1, 0.15) is 0 Å². The van der Waals surface area contributed by atoms with Crippen molar-refractivity contribution in [2.24, 2.45) is 16.3 Å². The molecule has 2 aliphatic heterocycles. The summed E-state index contributed by atoms with van der Waals surface area (Å²) in [7, 11) is 1.90. The van der Waals surface area contributed by atoms with Crippen molar-refractivity contribution in [3.8, 4) is 0 Å². The van der Waals surface area contributed by atoms with Gasteiger partial charge in [-0.2, -0.15) is 0 Å². The van der Waals surface area contributed by atoms with Crippen molar-refractivity contribution in [3.05, 3.63) is 28.7 Å². The number of nitrogens with one attached hydrogen (secondary N) is 1. The van der Waals surface area contributed by atoms with Crippen molar-refractivity contribution >= 4 is 27.6 Å². The van der Waals surface area contributed by atoms with E-state index in [0.29, 0.717) is 11.3 Å². The summed E-state index contributed by atoms with van der Waals surface area (Å²) in [5.41, 5.74) is 1.73. The van der Waals surface area contributed by atoms with Crippen LogP contribution >= 0.6 is 15.9 Å². The summed E-state index contributed by atoms with van der Waals surface area (Å²) in [6, 6.07) is 8.64. The zero-order chi connectivity index (χ0) is 17.2. The number of halogens is 1. The Hall–Kier alpha value is -1.23. The van der Waals surface area contributed by atoms with Crippen LogP contribution < -0.4 is 10.2 Å². The lowest BCUT2D eigenvalue weighted by atomic mass is 9.93. The smallest absolute Gasteiger partial charge is 0.193 e. The molecule has 5 heteroatoms. The lowest BCUT2D eigenvalue weighted by Gasteiger charge is -2.25. The Morgan fingerprint density at radius 3 is 2.67 bits per heavy atom. The van der Waals surface area contributed by atoms with Gasteiger partial charge in [-0.15, -0.1) is 0 Å². The van der Waals surface area contributed by atoms with E-state index in [-0.39, 0.29) is 0 Å². The van der Waals surface area contributed by atoms with E-state index in [1.165, 1.54) is 18.5 Å². The van der Waals surface area contributed by atoms with Gasteiger partial charge in [0.15, 0.2) is 5.96 Å². The highest BCUT2D eigenvalue weighted by atomic mass is 79.9. The highest BCUT2D eigenvalue weighted by Crippen LogP contribution is 2.29. The third kappa shape index (κ3) is 4.24. The van der Waals surface area contributed by atoms with Crippen molar-refractivity contribution in [2.45, 2.75) is 26.7 Å². The standard InChI is InChI=1S/C19H29BrN4/c1-19(2)9-11-24(14-19)18(21-3)22-12-15-8-10-23(13-15)17-6-4-16(20)5-7-17/h4-7,15H,8-14H2,1-3H3,(H,21,22). The van der Waals surface area contributed by atoms with E-state index in [2.05, 4.69) is 74.2 Å². The molecule has 0 saturated carbocycles. The van der Waals surface area contributed by atoms with Gasteiger partial charge in [-0.1, -0.05) is 29.8 Å². The first kappa shape index (κ1) is 17.6. The summed E-state index contributed by atoms with van der Waals surface area (Å²) in [5.74, 6) is 1.75. The van der Waals surface area contributed by atoms with Crippen molar-refractivity contribution in [1.29, 1.82) is 0 Å². The normalized spacial score (nSPS) is 23.8. The number of hydrogen-bond acceptors (Lipinski definition) is 2. The van der Waals surface area contributed by atoms with Crippen LogP contribution in [0.15, 0.2) is 33.7 Å². The molecule has 1 N–H and O–H groups in total. The van der Waals surface area contributed by atoms with Crippen molar-refractivity contribution in [3.63, 3.8) is 0 Å². The number of aliphatic imine (C=N–C) groups is 1. The summed E-state index contributed by atoms with van der Waals surface area (Å²) in [6.07, 6.45) is 2.49. The van der Waals surface area contributed by atoms with Crippen LogP contribution in [0.25, 0.3) is 0 Å². The number of likely N-dealkylation sites (tertiary alicyclic amines) is 1. The minimum Gasteiger partial charge on any atom is -0.371 e. The molecule has 1 aromatic carbocycles. The molecule has 2 aliphatic rings. The van der Waals surface area contributed by atoms with E-state index in [0.717, 1.165) is 43.2 Å². The molecule has 2 heterocycles. The second-order valence-corrected chi connectivity index (χ2v) is 8.76. The van der Waals surface area contributed by atoms with E-state index in [4.69, 9.17) is 0 Å². The van der Waals surface area contributed by atoms with Crippen LogP contribution in [0.5, 0.6) is 0 Å². The Morgan fingerprint density at radius 2 is 2.04 bits per heavy atom. The van der Waals surface area contributed by atoms with Crippen LogP contribution in [0.3, 0.4) is 0 Å². The van der Waals surface area contributed by atoms with Gasteiger partial charge in [-0.25, -0.2) is 0 Å². The lowest BCUT2D eigenvalue weighted by molar-refractivity contribution is 0.368. The third-order valence-corrected chi connectivity index (χ3v) is 5.74. The second kappa shape index (κ2) is 7.34. The molecule has 0 amide bonds. The fourth-order valence-corrected chi connectivity index (χ4v) is 4.01. The molecule has 2 saturated heterocycles. The quantitative estimate of drug-likeness (QED) is 0.629. The second-order valence-electron chi connectivity index (χ2n) is 7.84. The molecule has 1 aromatic rings. The highest BCUT2D eigenvalue weighted by Gasteiger charge is 2.31. The van der Waals surface area contributed by atoms with E-state index in [1.807, 2.05) is 7.05 Å². The molecule has 2 fully saturated rings. The zero-order valence-electron chi connectivity index (χ0n) is 15.1. The summed E-state index contributed by atoms with van der Waals surface area (Å²) < 4.78 is 1.14. The average molecular weight is 393 g/mol. The van der Waals surface area contributed by atoms with Crippen LogP contribution in [0.1, 0.15) is 26.7 Å². The zero-order valence-corrected chi connectivity index (χ0v) is 16.6. The minimum atomic E-state index is 0.406. The SMILES string of the molecule is CN=C(NCC1CCN(c2ccc(Br)cc2)C1)N1CCC(C)(C)C1. The summed E-state index contributed by atoms with van der Waals surface area (Å²) in [6.45, 7) is 10.2. The van der Waals surface area contributed by atoms with E-state index >= 15 is 0 Å². The number of guanidine groups is 1. The topological polar surface area (TPSA) is 30.9 Å². The molecule has 3 rings (SSSR count). The maximum atomic E-state index is 4.50. The monoisotopic (exact) mass is 392 g/mol. The minimum absolute atomic E-state index is 0.406. The van der Waals surface area contributed by atoms with Crippen LogP contribution in [0, 0.1) is 11.3 Å². The number of anilines is 1. The molecule has 0 aliphatic carbocycles. The van der Waals surface area contributed by atoms with Gasteiger partial charge < -0.3 is 15.1 Å². The molecule has 0 radical (unpaired) electrons. The number of hydrogen-bond donors (Lipinski definition) is 1. The molecule has 4 nitrogen and oxygen atoms in total. The predicted molar refractivity (Wildman–Crippen MR) is 106 cm³/mol. The number of rotatable bonds is 3. The average Bonchev–Trinajstić information content (AvgIpc) is 3.15. The Kier molecular flexibility index (Phi) is 5.38. The lowest BCUT2D eigenvalue weighted by Crippen LogP contribution is -2.42. The Morgan fingerprint density at radius 1 is 1.29 bits per heavy atom. The van der Waals surface area contributed by atoms with Gasteiger partial charge in [0, 0.05) is 49.9 Å². The molecular weight excluding hydrogens is 364 g/mol. The fourth-order valence-electron chi connectivity index (χ4n) is 3.75. The van der Waals surface area contributed by atoms with E-state index < -0.39 is 0 Å². The first-order valence-corrected chi connectivity index (χ1v) is 9.72. The van der Waals surface area contributed by atoms with Crippen molar-refractivity contribution in [2.75, 3.05) is 44.7 Å². The van der Waals surface area contributed by atoms with Crippen LogP contribution in [0.4, 0.5) is 5.69 Å². The van der Waals surface area contributed by atoms with Gasteiger partial charge in [0.25, 0.3) is 0 Å². The summed E-state index contributed by atoms with van der Waals surface area (Å²) in [4.78, 5) is 9.39. The molecule has 132 valence electrons. The van der Waals surface area contributed by atoms with Crippen LogP contribution in [-0.4, -0.2) is 50.6 Å². The number of nitrogens with zero attached hydrogens (tertiary/aromatic N) is 3. The van der Waals surface area contributed by atoms with Gasteiger partial charge in [-0.05, 0) is 48.4 Å². The van der Waals surface area contributed by atoms with Gasteiger partial charge in [0.2, 0.25) is 0 Å². The largest absolute Gasteiger partial charge is 0.371 e. The van der Waals surface area contributed by atoms with Gasteiger partial charge in [0.05, 0.1) is 0 Å². The summed E-state index contributed by atoms with van der Waals surface area (Å²) in [5, 5.41) is 3.61. The van der Waals surface area contributed by atoms with Gasteiger partial charge >= 0.3 is 0 Å². The molecule has 24 heavy (non-hydrogen) atoms. The van der Waals surface area contributed by atoms with Crippen molar-refractivity contribution < 1.29 is 0 Å². The first-order valence-electron chi connectivity index (χ1n) is 8.93. The maximum Gasteiger partial charge on any atom is 0.193 e. The predicted octanol–water partition coefficient (Wildman–Crippen LogP) is 3.58. The maximum absolute atomic E-state index is 4.50. The van der Waals surface area contributed by atoms with Crippen molar-refractivity contribution in [1.82, 2.24) is 10.2 Å². The van der Waals surface area contributed by atoms with E-state index in [9.17, 15) is 0 Å². The van der Waals surface area contributed by atoms with Gasteiger partial charge in [-0.3, -0.25) is 4.99 Å². The Labute approximate surface area is 154 Å². The fraction of sp³-hybridized carbons (Fsp3) is 0.632. The molecule has 0 aromatic heterocycles. The highest BCUT2D eigenvalue weighted by molar-refractivity contribution is 9.10. The Bertz CT molecular complexity index is 582. The summed E-state index contributed by atoms with van der Waals surface area (Å²) >= 11 is 3.51. The molecular formula is C19H29BrN4. The van der Waals surface area contributed by atoms with E-state index in [1.54, 1.807) is 0 Å². The third-order valence-electron chi connectivity index (χ3n) is 5.22. The molecule has 1 atom stereocenters. The molecule has 0 bridgehead atoms. The van der Waals surface area contributed by atoms with Crippen LogP contribution in [-0.2, 0) is 0 Å². The van der Waals surface area contributed by atoms with Crippen LogP contribution in [0.2, 0.25) is 0 Å². The number of benzene rings is 1. The molecule has 0 spiro atoms. The molecule has 1 unspecified atom stereocenters. The first-order chi connectivity index (χ1) is 11.5.